The molecule has 7 heteroatoms. The Morgan fingerprint density at radius 2 is 1.43 bits per heavy atom. The lowest BCUT2D eigenvalue weighted by Crippen LogP contribution is -2.42. The van der Waals surface area contributed by atoms with Crippen molar-refractivity contribution in [3.05, 3.63) is 94.8 Å². The maximum absolute atomic E-state index is 12.7. The number of aryl methyl sites for hydroxylation is 2. The molecule has 152 valence electrons. The maximum atomic E-state index is 12.7. The Kier molecular flexibility index (Phi) is 6.54. The van der Waals surface area contributed by atoms with E-state index in [1.54, 1.807) is 49.4 Å². The number of hydrazine groups is 1. The quantitative estimate of drug-likeness (QED) is 0.570. The third-order valence-corrected chi connectivity index (χ3v) is 4.61. The lowest BCUT2D eigenvalue weighted by molar-refractivity contribution is 0.0847. The first-order valence-electron chi connectivity index (χ1n) is 9.50. The number of aromatic nitrogens is 1. The highest BCUT2D eigenvalue weighted by Gasteiger charge is 2.17. The molecule has 0 bridgehead atoms. The number of para-hydroxylation sites is 1. The van der Waals surface area contributed by atoms with Crippen molar-refractivity contribution in [2.75, 3.05) is 5.32 Å². The second-order valence-electron chi connectivity index (χ2n) is 6.65. The molecule has 0 saturated carbocycles. The van der Waals surface area contributed by atoms with E-state index in [1.807, 2.05) is 19.1 Å². The predicted molar refractivity (Wildman–Crippen MR) is 114 cm³/mol. The molecule has 30 heavy (non-hydrogen) atoms. The van der Waals surface area contributed by atoms with Gasteiger partial charge in [-0.15, -0.1) is 0 Å². The fraction of sp³-hybridized carbons (Fsp3) is 0.130. The van der Waals surface area contributed by atoms with E-state index < -0.39 is 11.8 Å². The Labute approximate surface area is 174 Å². The number of anilines is 1. The first kappa shape index (κ1) is 20.7. The third-order valence-electron chi connectivity index (χ3n) is 4.61. The van der Waals surface area contributed by atoms with Gasteiger partial charge in [-0.05, 0) is 54.8 Å². The molecule has 2 aromatic carbocycles. The lowest BCUT2D eigenvalue weighted by Gasteiger charge is -2.14. The van der Waals surface area contributed by atoms with E-state index in [2.05, 4.69) is 21.2 Å². The highest BCUT2D eigenvalue weighted by molar-refractivity contribution is 6.10. The molecule has 3 amide bonds. The van der Waals surface area contributed by atoms with E-state index in [1.165, 1.54) is 12.4 Å². The normalized spacial score (nSPS) is 10.2. The summed E-state index contributed by atoms with van der Waals surface area (Å²) in [5.41, 5.74) is 8.11. The molecular formula is C23H22N4O3. The van der Waals surface area contributed by atoms with Gasteiger partial charge in [-0.2, -0.15) is 0 Å². The average molecular weight is 402 g/mol. The average Bonchev–Trinajstić information content (AvgIpc) is 2.79. The number of carbonyl (C=O) groups excluding carboxylic acids is 3. The standard InChI is InChI=1S/C23H22N4O3/c1-3-16-7-9-17(10-8-16)22(29)26-27-23(30)19-6-4-5-15(2)20(19)25-21(28)18-11-13-24-14-12-18/h4-14H,3H2,1-2H3,(H,25,28)(H,26,29)(H,27,30). The summed E-state index contributed by atoms with van der Waals surface area (Å²) in [6.45, 7) is 3.81. The van der Waals surface area contributed by atoms with Crippen LogP contribution < -0.4 is 16.2 Å². The molecule has 3 aromatic rings. The molecule has 1 heterocycles. The molecule has 0 aliphatic heterocycles. The van der Waals surface area contributed by atoms with Gasteiger partial charge in [-0.3, -0.25) is 30.2 Å². The summed E-state index contributed by atoms with van der Waals surface area (Å²) in [6, 6.07) is 15.4. The molecule has 0 saturated heterocycles. The number of benzene rings is 2. The molecule has 3 N–H and O–H groups in total. The van der Waals surface area contributed by atoms with Crippen molar-refractivity contribution in [3.8, 4) is 0 Å². The van der Waals surface area contributed by atoms with Gasteiger partial charge >= 0.3 is 0 Å². The summed E-state index contributed by atoms with van der Waals surface area (Å²) in [7, 11) is 0. The molecule has 0 aliphatic carbocycles. The van der Waals surface area contributed by atoms with Crippen LogP contribution in [-0.2, 0) is 6.42 Å². The van der Waals surface area contributed by atoms with Crippen LogP contribution in [0, 0.1) is 6.92 Å². The number of rotatable bonds is 5. The van der Waals surface area contributed by atoms with Crippen molar-refractivity contribution in [2.24, 2.45) is 0 Å². The molecule has 0 unspecified atom stereocenters. The molecule has 7 nitrogen and oxygen atoms in total. The fourth-order valence-corrected chi connectivity index (χ4v) is 2.86. The SMILES string of the molecule is CCc1ccc(C(=O)NNC(=O)c2cccc(C)c2NC(=O)c2ccncc2)cc1. The van der Waals surface area contributed by atoms with Crippen LogP contribution in [0.1, 0.15) is 49.1 Å². The molecule has 0 spiro atoms. The van der Waals surface area contributed by atoms with Gasteiger partial charge in [-0.1, -0.05) is 31.2 Å². The van der Waals surface area contributed by atoms with Crippen LogP contribution in [0.3, 0.4) is 0 Å². The maximum Gasteiger partial charge on any atom is 0.271 e. The van der Waals surface area contributed by atoms with E-state index in [9.17, 15) is 14.4 Å². The van der Waals surface area contributed by atoms with Crippen LogP contribution in [0.25, 0.3) is 0 Å². The molecule has 0 atom stereocenters. The number of hydrogen-bond acceptors (Lipinski definition) is 4. The minimum absolute atomic E-state index is 0.235. The van der Waals surface area contributed by atoms with Gasteiger partial charge in [0.1, 0.15) is 0 Å². The topological polar surface area (TPSA) is 100 Å². The summed E-state index contributed by atoms with van der Waals surface area (Å²) in [5.74, 6) is -1.33. The van der Waals surface area contributed by atoms with Crippen molar-refractivity contribution in [3.63, 3.8) is 0 Å². The van der Waals surface area contributed by atoms with Crippen LogP contribution in [0.4, 0.5) is 5.69 Å². The largest absolute Gasteiger partial charge is 0.321 e. The first-order valence-corrected chi connectivity index (χ1v) is 9.50. The van der Waals surface area contributed by atoms with Crippen LogP contribution in [-0.4, -0.2) is 22.7 Å². The molecule has 0 aliphatic rings. The first-order chi connectivity index (χ1) is 14.5. The van der Waals surface area contributed by atoms with Crippen molar-refractivity contribution in [2.45, 2.75) is 20.3 Å². The summed E-state index contributed by atoms with van der Waals surface area (Å²) in [5, 5.41) is 2.77. The zero-order valence-corrected chi connectivity index (χ0v) is 16.7. The second-order valence-corrected chi connectivity index (χ2v) is 6.65. The molecule has 0 fully saturated rings. The Morgan fingerprint density at radius 1 is 0.800 bits per heavy atom. The number of nitrogens with zero attached hydrogens (tertiary/aromatic N) is 1. The van der Waals surface area contributed by atoms with E-state index in [0.717, 1.165) is 12.0 Å². The van der Waals surface area contributed by atoms with Crippen molar-refractivity contribution in [1.29, 1.82) is 0 Å². The van der Waals surface area contributed by atoms with Crippen LogP contribution >= 0.6 is 0 Å². The number of amides is 3. The number of carbonyl (C=O) groups is 3. The van der Waals surface area contributed by atoms with Crippen LogP contribution in [0.2, 0.25) is 0 Å². The number of hydrogen-bond donors (Lipinski definition) is 3. The van der Waals surface area contributed by atoms with Gasteiger partial charge in [-0.25, -0.2) is 0 Å². The molecule has 0 radical (unpaired) electrons. The summed E-state index contributed by atoms with van der Waals surface area (Å²) < 4.78 is 0. The predicted octanol–water partition coefficient (Wildman–Crippen LogP) is 3.28. The van der Waals surface area contributed by atoms with E-state index in [4.69, 9.17) is 0 Å². The van der Waals surface area contributed by atoms with Gasteiger partial charge in [0.05, 0.1) is 11.3 Å². The fourth-order valence-electron chi connectivity index (χ4n) is 2.86. The molecule has 3 rings (SSSR count). The zero-order chi connectivity index (χ0) is 21.5. The third kappa shape index (κ3) is 4.88. The van der Waals surface area contributed by atoms with Crippen molar-refractivity contribution < 1.29 is 14.4 Å². The van der Waals surface area contributed by atoms with Gasteiger partial charge < -0.3 is 5.32 Å². The van der Waals surface area contributed by atoms with E-state index in [-0.39, 0.29) is 11.5 Å². The van der Waals surface area contributed by atoms with E-state index in [0.29, 0.717) is 22.4 Å². The lowest BCUT2D eigenvalue weighted by atomic mass is 10.1. The zero-order valence-electron chi connectivity index (χ0n) is 16.7. The Hall–Kier alpha value is -4.00. The van der Waals surface area contributed by atoms with Crippen molar-refractivity contribution >= 4 is 23.4 Å². The smallest absolute Gasteiger partial charge is 0.271 e. The van der Waals surface area contributed by atoms with Gasteiger partial charge in [0.2, 0.25) is 0 Å². The number of pyridine rings is 1. The summed E-state index contributed by atoms with van der Waals surface area (Å²) in [6.07, 6.45) is 3.91. The minimum Gasteiger partial charge on any atom is -0.321 e. The molecular weight excluding hydrogens is 380 g/mol. The Morgan fingerprint density at radius 3 is 2.10 bits per heavy atom. The van der Waals surface area contributed by atoms with Crippen LogP contribution in [0.15, 0.2) is 67.0 Å². The van der Waals surface area contributed by atoms with Crippen LogP contribution in [0.5, 0.6) is 0 Å². The monoisotopic (exact) mass is 402 g/mol. The summed E-state index contributed by atoms with van der Waals surface area (Å²) in [4.78, 5) is 41.4. The minimum atomic E-state index is -0.540. The second kappa shape index (κ2) is 9.47. The van der Waals surface area contributed by atoms with Gasteiger partial charge in [0.25, 0.3) is 17.7 Å². The number of nitrogens with one attached hydrogen (secondary N) is 3. The summed E-state index contributed by atoms with van der Waals surface area (Å²) >= 11 is 0. The Balaban J connectivity index is 1.72. The highest BCUT2D eigenvalue weighted by Crippen LogP contribution is 2.21. The van der Waals surface area contributed by atoms with Gasteiger partial charge in [0, 0.05) is 23.5 Å². The van der Waals surface area contributed by atoms with E-state index >= 15 is 0 Å². The highest BCUT2D eigenvalue weighted by atomic mass is 16.2. The van der Waals surface area contributed by atoms with Crippen molar-refractivity contribution in [1.82, 2.24) is 15.8 Å². The van der Waals surface area contributed by atoms with Gasteiger partial charge in [0.15, 0.2) is 0 Å². The Bertz CT molecular complexity index is 1060. The molecule has 1 aromatic heterocycles.